The van der Waals surface area contributed by atoms with Crippen LogP contribution in [0.2, 0.25) is 0 Å². The molecule has 0 amide bonds. The van der Waals surface area contributed by atoms with Crippen LogP contribution in [0.3, 0.4) is 0 Å². The molecule has 1 N–H and O–H groups in total. The van der Waals surface area contributed by atoms with Crippen molar-refractivity contribution in [2.75, 3.05) is 19.6 Å². The summed E-state index contributed by atoms with van der Waals surface area (Å²) in [5.74, 6) is 0.555. The van der Waals surface area contributed by atoms with E-state index in [1.165, 1.54) is 18.4 Å². The molecule has 0 radical (unpaired) electrons. The van der Waals surface area contributed by atoms with Gasteiger partial charge in [0.1, 0.15) is 0 Å². The van der Waals surface area contributed by atoms with Gasteiger partial charge in [-0.2, -0.15) is 0 Å². The summed E-state index contributed by atoms with van der Waals surface area (Å²) in [5.41, 5.74) is 2.38. The molecule has 1 heterocycles. The van der Waals surface area contributed by atoms with Crippen LogP contribution in [0.5, 0.6) is 0 Å². The van der Waals surface area contributed by atoms with Gasteiger partial charge in [0, 0.05) is 6.54 Å². The highest BCUT2D eigenvalue weighted by Gasteiger charge is 2.16. The van der Waals surface area contributed by atoms with Gasteiger partial charge >= 0.3 is 0 Å². The second kappa shape index (κ2) is 5.65. The summed E-state index contributed by atoms with van der Waals surface area (Å²) in [5, 5.41) is 10.2. The molecule has 0 bridgehead atoms. The summed E-state index contributed by atoms with van der Waals surface area (Å²) in [7, 11) is 0. The van der Waals surface area contributed by atoms with Gasteiger partial charge in [0.05, 0.1) is 6.10 Å². The van der Waals surface area contributed by atoms with Crippen molar-refractivity contribution in [3.63, 3.8) is 0 Å². The molecule has 1 unspecified atom stereocenters. The lowest BCUT2D eigenvalue weighted by Gasteiger charge is -2.20. The first-order chi connectivity index (χ1) is 8.16. The Bertz CT molecular complexity index is 338. The highest BCUT2D eigenvalue weighted by Crippen LogP contribution is 2.20. The number of benzene rings is 1. The number of aliphatic hydroxyl groups is 1. The Kier molecular flexibility index (Phi) is 4.19. The molecular formula is C15H23NO. The molecule has 1 saturated heterocycles. The molecule has 0 saturated carbocycles. The van der Waals surface area contributed by atoms with E-state index in [9.17, 15) is 5.11 Å². The molecule has 2 nitrogen and oxygen atoms in total. The summed E-state index contributed by atoms with van der Waals surface area (Å²) >= 11 is 0. The van der Waals surface area contributed by atoms with E-state index < -0.39 is 0 Å². The van der Waals surface area contributed by atoms with Crippen LogP contribution in [0.15, 0.2) is 24.3 Å². The predicted octanol–water partition coefficient (Wildman–Crippen LogP) is 2.94. The molecule has 0 aliphatic carbocycles. The van der Waals surface area contributed by atoms with Gasteiger partial charge in [0.15, 0.2) is 0 Å². The lowest BCUT2D eigenvalue weighted by molar-refractivity contribution is 0.126. The largest absolute Gasteiger partial charge is 0.387 e. The second-order valence-electron chi connectivity index (χ2n) is 5.34. The van der Waals surface area contributed by atoms with E-state index in [-0.39, 0.29) is 6.10 Å². The zero-order chi connectivity index (χ0) is 12.3. The standard InChI is InChI=1S/C15H23NO/c1-12(2)13-5-7-14(8-6-13)15(17)11-16-9-3-4-10-16/h5-8,12,15,17H,3-4,9-11H2,1-2H3. The van der Waals surface area contributed by atoms with Crippen LogP contribution in [0.25, 0.3) is 0 Å². The molecule has 2 rings (SSSR count). The van der Waals surface area contributed by atoms with Crippen molar-refractivity contribution in [2.24, 2.45) is 0 Å². The molecule has 1 atom stereocenters. The lowest BCUT2D eigenvalue weighted by atomic mass is 10.00. The average molecular weight is 233 g/mol. The smallest absolute Gasteiger partial charge is 0.0916 e. The molecule has 17 heavy (non-hydrogen) atoms. The number of likely N-dealkylation sites (tertiary alicyclic amines) is 1. The fourth-order valence-electron chi connectivity index (χ4n) is 2.42. The number of aliphatic hydroxyl groups excluding tert-OH is 1. The maximum atomic E-state index is 10.2. The number of β-amino-alcohol motifs (C(OH)–C–C–N with tert-alkyl or cyclic N) is 1. The van der Waals surface area contributed by atoms with Crippen molar-refractivity contribution < 1.29 is 5.11 Å². The van der Waals surface area contributed by atoms with E-state index in [2.05, 4.69) is 43.0 Å². The highest BCUT2D eigenvalue weighted by atomic mass is 16.3. The summed E-state index contributed by atoms with van der Waals surface area (Å²) in [6.45, 7) is 7.44. The SMILES string of the molecule is CC(C)c1ccc(C(O)CN2CCCC2)cc1. The van der Waals surface area contributed by atoms with Crippen molar-refractivity contribution in [3.05, 3.63) is 35.4 Å². The van der Waals surface area contributed by atoms with Gasteiger partial charge in [-0.3, -0.25) is 0 Å². The van der Waals surface area contributed by atoms with Crippen molar-refractivity contribution in [2.45, 2.75) is 38.7 Å². The van der Waals surface area contributed by atoms with Crippen LogP contribution >= 0.6 is 0 Å². The van der Waals surface area contributed by atoms with Crippen LogP contribution in [-0.2, 0) is 0 Å². The molecule has 1 aliphatic heterocycles. The second-order valence-corrected chi connectivity index (χ2v) is 5.34. The Balaban J connectivity index is 1.96. The minimum Gasteiger partial charge on any atom is -0.387 e. The van der Waals surface area contributed by atoms with Gasteiger partial charge in [0.2, 0.25) is 0 Å². The first kappa shape index (κ1) is 12.6. The van der Waals surface area contributed by atoms with Crippen LogP contribution in [0.4, 0.5) is 0 Å². The van der Waals surface area contributed by atoms with E-state index in [4.69, 9.17) is 0 Å². The van der Waals surface area contributed by atoms with Gasteiger partial charge in [0.25, 0.3) is 0 Å². The summed E-state index contributed by atoms with van der Waals surface area (Å²) in [6, 6.07) is 8.40. The zero-order valence-electron chi connectivity index (χ0n) is 10.9. The fourth-order valence-corrected chi connectivity index (χ4v) is 2.42. The molecule has 94 valence electrons. The van der Waals surface area contributed by atoms with Gasteiger partial charge in [-0.15, -0.1) is 0 Å². The third-order valence-electron chi connectivity index (χ3n) is 3.62. The molecule has 0 aromatic heterocycles. The van der Waals surface area contributed by atoms with Gasteiger partial charge in [-0.1, -0.05) is 38.1 Å². The first-order valence-electron chi connectivity index (χ1n) is 6.67. The quantitative estimate of drug-likeness (QED) is 0.864. The van der Waals surface area contributed by atoms with Gasteiger partial charge in [-0.05, 0) is 43.0 Å². The van der Waals surface area contributed by atoms with Crippen LogP contribution < -0.4 is 0 Å². The predicted molar refractivity (Wildman–Crippen MR) is 71.2 cm³/mol. The molecule has 1 aliphatic rings. The fraction of sp³-hybridized carbons (Fsp3) is 0.600. The van der Waals surface area contributed by atoms with E-state index in [0.717, 1.165) is 25.2 Å². The van der Waals surface area contributed by atoms with Crippen LogP contribution in [0.1, 0.15) is 49.8 Å². The minimum absolute atomic E-state index is 0.339. The summed E-state index contributed by atoms with van der Waals surface area (Å²) in [6.07, 6.45) is 2.21. The van der Waals surface area contributed by atoms with Crippen molar-refractivity contribution in [1.29, 1.82) is 0 Å². The highest BCUT2D eigenvalue weighted by molar-refractivity contribution is 5.26. The van der Waals surface area contributed by atoms with Gasteiger partial charge in [-0.25, -0.2) is 0 Å². The monoisotopic (exact) mass is 233 g/mol. The molecule has 0 spiro atoms. The third kappa shape index (κ3) is 3.30. The normalized spacial score (nSPS) is 18.8. The average Bonchev–Trinajstić information content (AvgIpc) is 2.82. The van der Waals surface area contributed by atoms with Crippen LogP contribution in [0, 0.1) is 0 Å². The zero-order valence-corrected chi connectivity index (χ0v) is 10.9. The number of hydrogen-bond donors (Lipinski definition) is 1. The molecule has 2 heteroatoms. The maximum absolute atomic E-state index is 10.2. The minimum atomic E-state index is -0.339. The summed E-state index contributed by atoms with van der Waals surface area (Å²) < 4.78 is 0. The van der Waals surface area contributed by atoms with Crippen molar-refractivity contribution in [1.82, 2.24) is 4.90 Å². The topological polar surface area (TPSA) is 23.5 Å². The van der Waals surface area contributed by atoms with E-state index in [1.807, 2.05) is 0 Å². The Morgan fingerprint density at radius 1 is 1.06 bits per heavy atom. The maximum Gasteiger partial charge on any atom is 0.0916 e. The number of nitrogens with zero attached hydrogens (tertiary/aromatic N) is 1. The van der Waals surface area contributed by atoms with E-state index in [0.29, 0.717) is 5.92 Å². The van der Waals surface area contributed by atoms with Crippen molar-refractivity contribution in [3.8, 4) is 0 Å². The van der Waals surface area contributed by atoms with E-state index >= 15 is 0 Å². The Morgan fingerprint density at radius 2 is 1.59 bits per heavy atom. The third-order valence-corrected chi connectivity index (χ3v) is 3.62. The van der Waals surface area contributed by atoms with E-state index in [1.54, 1.807) is 0 Å². The Hall–Kier alpha value is -0.860. The van der Waals surface area contributed by atoms with Gasteiger partial charge < -0.3 is 10.0 Å². The summed E-state index contributed by atoms with van der Waals surface area (Å²) in [4.78, 5) is 2.35. The Morgan fingerprint density at radius 3 is 2.12 bits per heavy atom. The van der Waals surface area contributed by atoms with Crippen LogP contribution in [-0.4, -0.2) is 29.6 Å². The molecule has 1 aromatic carbocycles. The van der Waals surface area contributed by atoms with Crippen molar-refractivity contribution >= 4 is 0 Å². The lowest BCUT2D eigenvalue weighted by Crippen LogP contribution is -2.25. The number of hydrogen-bond acceptors (Lipinski definition) is 2. The molecule has 1 fully saturated rings. The Labute approximate surface area is 104 Å². The first-order valence-corrected chi connectivity index (χ1v) is 6.67. The molecular weight excluding hydrogens is 210 g/mol. The number of rotatable bonds is 4. The molecule has 1 aromatic rings.